The van der Waals surface area contributed by atoms with Crippen LogP contribution < -0.4 is 4.74 Å². The predicted molar refractivity (Wildman–Crippen MR) is 87.1 cm³/mol. The summed E-state index contributed by atoms with van der Waals surface area (Å²) in [6.07, 6.45) is 5.09. The van der Waals surface area contributed by atoms with Crippen molar-refractivity contribution in [2.45, 2.75) is 20.0 Å². The Labute approximate surface area is 125 Å². The van der Waals surface area contributed by atoms with Crippen molar-refractivity contribution in [3.05, 3.63) is 77.4 Å². The third kappa shape index (κ3) is 3.22. The molecule has 0 amide bonds. The van der Waals surface area contributed by atoms with Gasteiger partial charge in [0.05, 0.1) is 5.71 Å². The van der Waals surface area contributed by atoms with E-state index in [1.54, 1.807) is 0 Å². The lowest BCUT2D eigenvalue weighted by Crippen LogP contribution is -2.11. The van der Waals surface area contributed by atoms with Crippen LogP contribution in [0.3, 0.4) is 0 Å². The summed E-state index contributed by atoms with van der Waals surface area (Å²) in [5.74, 6) is 0.930. The van der Waals surface area contributed by atoms with E-state index in [9.17, 15) is 0 Å². The molecule has 0 N–H and O–H groups in total. The highest BCUT2D eigenvalue weighted by atomic mass is 16.5. The maximum Gasteiger partial charge on any atom is 0.120 e. The normalized spacial score (nSPS) is 13.9. The Kier molecular flexibility index (Phi) is 4.15. The van der Waals surface area contributed by atoms with Gasteiger partial charge in [0.2, 0.25) is 0 Å². The van der Waals surface area contributed by atoms with E-state index in [4.69, 9.17) is 4.74 Å². The average molecular weight is 277 g/mol. The van der Waals surface area contributed by atoms with E-state index < -0.39 is 0 Å². The third-order valence-electron chi connectivity index (χ3n) is 3.59. The van der Waals surface area contributed by atoms with E-state index in [-0.39, 0.29) is 0 Å². The van der Waals surface area contributed by atoms with Crippen molar-refractivity contribution in [2.75, 3.05) is 6.54 Å². The van der Waals surface area contributed by atoms with Crippen LogP contribution in [-0.4, -0.2) is 12.3 Å². The minimum atomic E-state index is 0.607. The highest BCUT2D eigenvalue weighted by Crippen LogP contribution is 2.23. The molecule has 0 aliphatic carbocycles. The largest absolute Gasteiger partial charge is 0.489 e. The van der Waals surface area contributed by atoms with Crippen molar-refractivity contribution in [3.63, 3.8) is 0 Å². The maximum absolute atomic E-state index is 5.90. The molecule has 2 aromatic rings. The van der Waals surface area contributed by atoms with E-state index in [0.29, 0.717) is 6.61 Å². The summed E-state index contributed by atoms with van der Waals surface area (Å²) in [6.45, 7) is 3.48. The number of benzene rings is 2. The van der Waals surface area contributed by atoms with Gasteiger partial charge in [0.1, 0.15) is 12.4 Å². The molecule has 0 saturated carbocycles. The van der Waals surface area contributed by atoms with Crippen molar-refractivity contribution in [2.24, 2.45) is 4.99 Å². The average Bonchev–Trinajstić information content (AvgIpc) is 2.54. The van der Waals surface area contributed by atoms with E-state index in [2.05, 4.69) is 35.3 Å². The molecule has 21 heavy (non-hydrogen) atoms. The Balaban J connectivity index is 1.76. The fraction of sp³-hybridized carbons (Fsp3) is 0.211. The van der Waals surface area contributed by atoms with Crippen LogP contribution in [0, 0.1) is 0 Å². The molecule has 1 heterocycles. The van der Waals surface area contributed by atoms with Gasteiger partial charge >= 0.3 is 0 Å². The molecule has 0 spiro atoms. The number of rotatable bonds is 4. The van der Waals surface area contributed by atoms with Crippen molar-refractivity contribution >= 4 is 5.71 Å². The number of allylic oxidation sites excluding steroid dienone is 2. The van der Waals surface area contributed by atoms with Gasteiger partial charge in [0.25, 0.3) is 0 Å². The number of hydrogen-bond acceptors (Lipinski definition) is 2. The van der Waals surface area contributed by atoms with Crippen LogP contribution in [0.15, 0.2) is 65.7 Å². The van der Waals surface area contributed by atoms with Gasteiger partial charge < -0.3 is 4.74 Å². The Morgan fingerprint density at radius 2 is 2.00 bits per heavy atom. The number of nitrogens with zero attached hydrogens (tertiary/aromatic N) is 1. The van der Waals surface area contributed by atoms with Crippen LogP contribution in [0.4, 0.5) is 0 Å². The second-order valence-corrected chi connectivity index (χ2v) is 5.11. The van der Waals surface area contributed by atoms with E-state index in [0.717, 1.165) is 24.4 Å². The molecule has 0 bridgehead atoms. The monoisotopic (exact) mass is 277 g/mol. The van der Waals surface area contributed by atoms with Crippen molar-refractivity contribution in [3.8, 4) is 5.75 Å². The van der Waals surface area contributed by atoms with Gasteiger partial charge in [-0.3, -0.25) is 4.99 Å². The third-order valence-corrected chi connectivity index (χ3v) is 3.59. The van der Waals surface area contributed by atoms with Crippen LogP contribution in [0.2, 0.25) is 0 Å². The molecule has 2 nitrogen and oxygen atoms in total. The standard InChI is InChI=1S/C19H19NO/c1-2-6-19-18-10-9-17(13-16(18)11-12-20-19)21-14-15-7-4-3-5-8-15/h2-10,13H,11-12,14H2,1H3/b6-2-. The SMILES string of the molecule is C/C=C\C1=NCCc2cc(OCc3ccccc3)ccc21. The van der Waals surface area contributed by atoms with Gasteiger partial charge in [-0.15, -0.1) is 0 Å². The zero-order chi connectivity index (χ0) is 14.5. The topological polar surface area (TPSA) is 21.6 Å². The first-order valence-electron chi connectivity index (χ1n) is 7.34. The lowest BCUT2D eigenvalue weighted by molar-refractivity contribution is 0.306. The van der Waals surface area contributed by atoms with Gasteiger partial charge in [-0.2, -0.15) is 0 Å². The molecule has 1 aliphatic heterocycles. The smallest absolute Gasteiger partial charge is 0.120 e. The van der Waals surface area contributed by atoms with E-state index in [1.807, 2.05) is 37.3 Å². The molecule has 0 fully saturated rings. The van der Waals surface area contributed by atoms with Gasteiger partial charge in [-0.25, -0.2) is 0 Å². The fourth-order valence-electron chi connectivity index (χ4n) is 2.54. The molecular formula is C19H19NO. The molecule has 1 aliphatic rings. The first-order valence-corrected chi connectivity index (χ1v) is 7.34. The number of aliphatic imine (C=N–C) groups is 1. The highest BCUT2D eigenvalue weighted by Gasteiger charge is 2.12. The second-order valence-electron chi connectivity index (χ2n) is 5.11. The molecule has 106 valence electrons. The van der Waals surface area contributed by atoms with Gasteiger partial charge in [-0.1, -0.05) is 36.4 Å². The lowest BCUT2D eigenvalue weighted by Gasteiger charge is -2.16. The minimum absolute atomic E-state index is 0.607. The van der Waals surface area contributed by atoms with Crippen LogP contribution in [0.5, 0.6) is 5.75 Å². The Morgan fingerprint density at radius 1 is 1.14 bits per heavy atom. The molecule has 2 heteroatoms. The van der Waals surface area contributed by atoms with Crippen LogP contribution in [0.1, 0.15) is 23.6 Å². The Morgan fingerprint density at radius 3 is 2.81 bits per heavy atom. The van der Waals surface area contributed by atoms with Crippen molar-refractivity contribution in [1.29, 1.82) is 0 Å². The summed E-state index contributed by atoms with van der Waals surface area (Å²) in [4.78, 5) is 4.57. The second kappa shape index (κ2) is 6.40. The van der Waals surface area contributed by atoms with Crippen molar-refractivity contribution in [1.82, 2.24) is 0 Å². The molecular weight excluding hydrogens is 258 g/mol. The zero-order valence-electron chi connectivity index (χ0n) is 12.3. The zero-order valence-corrected chi connectivity index (χ0v) is 12.3. The number of hydrogen-bond donors (Lipinski definition) is 0. The van der Waals surface area contributed by atoms with Gasteiger partial charge in [0, 0.05) is 12.1 Å². The summed E-state index contributed by atoms with van der Waals surface area (Å²) in [7, 11) is 0. The maximum atomic E-state index is 5.90. The van der Waals surface area contributed by atoms with E-state index >= 15 is 0 Å². The Bertz CT molecular complexity index is 671. The quantitative estimate of drug-likeness (QED) is 0.821. The van der Waals surface area contributed by atoms with Crippen LogP contribution in [-0.2, 0) is 13.0 Å². The summed E-state index contributed by atoms with van der Waals surface area (Å²) in [5.41, 5.74) is 4.81. The predicted octanol–water partition coefficient (Wildman–Crippen LogP) is 4.19. The fourth-order valence-corrected chi connectivity index (χ4v) is 2.54. The van der Waals surface area contributed by atoms with Crippen LogP contribution in [0.25, 0.3) is 0 Å². The van der Waals surface area contributed by atoms with Crippen LogP contribution >= 0.6 is 0 Å². The van der Waals surface area contributed by atoms with Gasteiger partial charge in [-0.05, 0) is 48.7 Å². The van der Waals surface area contributed by atoms with Gasteiger partial charge in [0.15, 0.2) is 0 Å². The molecule has 0 atom stereocenters. The summed E-state index contributed by atoms with van der Waals surface area (Å²) in [6, 6.07) is 16.5. The molecule has 0 saturated heterocycles. The summed E-state index contributed by atoms with van der Waals surface area (Å²) < 4.78 is 5.90. The molecule has 0 aromatic heterocycles. The molecule has 0 unspecified atom stereocenters. The Hall–Kier alpha value is -2.35. The molecule has 3 rings (SSSR count). The summed E-state index contributed by atoms with van der Waals surface area (Å²) in [5, 5.41) is 0. The minimum Gasteiger partial charge on any atom is -0.489 e. The highest BCUT2D eigenvalue weighted by molar-refractivity contribution is 6.10. The first kappa shape index (κ1) is 13.6. The summed E-state index contributed by atoms with van der Waals surface area (Å²) >= 11 is 0. The van der Waals surface area contributed by atoms with Crippen molar-refractivity contribution < 1.29 is 4.74 Å². The first-order chi connectivity index (χ1) is 10.4. The molecule has 0 radical (unpaired) electrons. The number of ether oxygens (including phenoxy) is 1. The molecule has 2 aromatic carbocycles. The lowest BCUT2D eigenvalue weighted by atomic mass is 9.97. The van der Waals surface area contributed by atoms with E-state index in [1.165, 1.54) is 16.7 Å². The number of fused-ring (bicyclic) bond motifs is 1.